The predicted molar refractivity (Wildman–Crippen MR) is 125 cm³/mol. The molecule has 2 aliphatic heterocycles. The Morgan fingerprint density at radius 3 is 2.88 bits per heavy atom. The molecule has 5 rings (SSSR count). The molecule has 1 atom stereocenters. The highest BCUT2D eigenvalue weighted by Gasteiger charge is 2.41. The Kier molecular flexibility index (Phi) is 5.30. The molecule has 1 aromatic heterocycles. The average Bonchev–Trinajstić information content (AvgIpc) is 3.13. The Morgan fingerprint density at radius 1 is 1.27 bits per heavy atom. The van der Waals surface area contributed by atoms with Gasteiger partial charge in [0.05, 0.1) is 31.5 Å². The number of rotatable bonds is 5. The molecule has 0 unspecified atom stereocenters. The van der Waals surface area contributed by atoms with Crippen molar-refractivity contribution in [2.45, 2.75) is 25.5 Å². The van der Waals surface area contributed by atoms with E-state index in [4.69, 9.17) is 9.47 Å². The zero-order valence-corrected chi connectivity index (χ0v) is 19.0. The minimum Gasteiger partial charge on any atom is -0.495 e. The third kappa shape index (κ3) is 4.05. The van der Waals surface area contributed by atoms with Crippen LogP contribution < -0.4 is 15.0 Å². The van der Waals surface area contributed by atoms with Gasteiger partial charge >= 0.3 is 6.09 Å². The number of nitrogens with zero attached hydrogens (tertiary/aromatic N) is 4. The van der Waals surface area contributed by atoms with E-state index in [1.54, 1.807) is 20.2 Å². The van der Waals surface area contributed by atoms with Gasteiger partial charge in [-0.1, -0.05) is 0 Å². The van der Waals surface area contributed by atoms with Crippen LogP contribution in [0.3, 0.4) is 0 Å². The maximum atomic E-state index is 12.3. The smallest absolute Gasteiger partial charge is 0.415 e. The first kappa shape index (κ1) is 21.4. The molecule has 3 heterocycles. The van der Waals surface area contributed by atoms with Gasteiger partial charge < -0.3 is 24.8 Å². The van der Waals surface area contributed by atoms with Crippen molar-refractivity contribution in [2.75, 3.05) is 44.1 Å². The Hall–Kier alpha value is -3.43. The molecule has 0 saturated carbocycles. The summed E-state index contributed by atoms with van der Waals surface area (Å²) in [4.78, 5) is 25.3. The number of methoxy groups -OCH3 is 1. The van der Waals surface area contributed by atoms with Crippen LogP contribution in [0.25, 0.3) is 10.9 Å². The number of anilines is 3. The van der Waals surface area contributed by atoms with Gasteiger partial charge in [-0.3, -0.25) is 4.90 Å². The van der Waals surface area contributed by atoms with Gasteiger partial charge in [-0.15, -0.1) is 0 Å². The van der Waals surface area contributed by atoms with Crippen molar-refractivity contribution in [3.05, 3.63) is 47.7 Å². The summed E-state index contributed by atoms with van der Waals surface area (Å²) in [5.41, 5.74) is 3.79. The third-order valence-corrected chi connectivity index (χ3v) is 6.23. The number of cyclic esters (lactones) is 1. The van der Waals surface area contributed by atoms with Crippen LogP contribution in [-0.4, -0.2) is 65.5 Å². The lowest BCUT2D eigenvalue weighted by atomic mass is 9.99. The van der Waals surface area contributed by atoms with E-state index in [1.807, 2.05) is 18.2 Å². The molecule has 2 aromatic carbocycles. The van der Waals surface area contributed by atoms with Crippen molar-refractivity contribution >= 4 is 34.3 Å². The van der Waals surface area contributed by atoms with E-state index in [1.165, 1.54) is 16.0 Å². The van der Waals surface area contributed by atoms with Crippen LogP contribution in [0.15, 0.2) is 36.5 Å². The number of ether oxygens (including phenoxy) is 2. The Morgan fingerprint density at radius 2 is 2.12 bits per heavy atom. The first-order chi connectivity index (χ1) is 15.9. The van der Waals surface area contributed by atoms with Gasteiger partial charge in [-0.25, -0.2) is 14.8 Å². The summed E-state index contributed by atoms with van der Waals surface area (Å²) in [7, 11) is 3.77. The number of benzene rings is 2. The van der Waals surface area contributed by atoms with Crippen LogP contribution >= 0.6 is 0 Å². The number of hydrogen-bond acceptors (Lipinski definition) is 8. The number of amides is 1. The van der Waals surface area contributed by atoms with E-state index in [-0.39, 0.29) is 13.2 Å². The molecule has 0 bridgehead atoms. The summed E-state index contributed by atoms with van der Waals surface area (Å²) < 4.78 is 10.9. The second-order valence-electron chi connectivity index (χ2n) is 8.93. The van der Waals surface area contributed by atoms with Gasteiger partial charge in [-0.2, -0.15) is 0 Å². The van der Waals surface area contributed by atoms with E-state index in [0.29, 0.717) is 17.2 Å². The fourth-order valence-corrected chi connectivity index (χ4v) is 4.33. The first-order valence-electron chi connectivity index (χ1n) is 10.9. The lowest BCUT2D eigenvalue weighted by Gasteiger charge is -2.26. The van der Waals surface area contributed by atoms with Crippen LogP contribution in [0.2, 0.25) is 0 Å². The number of nitrogens with one attached hydrogen (secondary N) is 1. The highest BCUT2D eigenvalue weighted by molar-refractivity contribution is 5.93. The van der Waals surface area contributed by atoms with Crippen LogP contribution in [0.5, 0.6) is 5.75 Å². The largest absolute Gasteiger partial charge is 0.495 e. The summed E-state index contributed by atoms with van der Waals surface area (Å²) >= 11 is 0. The quantitative estimate of drug-likeness (QED) is 0.613. The topological polar surface area (TPSA) is 100 Å². The van der Waals surface area contributed by atoms with Crippen molar-refractivity contribution in [2.24, 2.45) is 0 Å². The highest BCUT2D eigenvalue weighted by atomic mass is 16.6. The normalized spacial score (nSPS) is 20.6. The molecule has 2 N–H and O–H groups in total. The van der Waals surface area contributed by atoms with Gasteiger partial charge in [-0.05, 0) is 61.9 Å². The maximum absolute atomic E-state index is 12.3. The highest BCUT2D eigenvalue weighted by Crippen LogP contribution is 2.34. The van der Waals surface area contributed by atoms with E-state index in [2.05, 4.69) is 39.4 Å². The lowest BCUT2D eigenvalue weighted by Crippen LogP contribution is -2.34. The summed E-state index contributed by atoms with van der Waals surface area (Å²) in [6, 6.07) is 9.70. The molecule has 0 radical (unpaired) electrons. The molecule has 3 aromatic rings. The number of hydrogen-bond donors (Lipinski definition) is 2. The number of fused-ring (bicyclic) bond motifs is 2. The lowest BCUT2D eigenvalue weighted by molar-refractivity contribution is 0.0219. The molecule has 0 spiro atoms. The van der Waals surface area contributed by atoms with E-state index < -0.39 is 11.7 Å². The fraction of sp³-hybridized carbons (Fsp3) is 0.375. The van der Waals surface area contributed by atoms with Crippen molar-refractivity contribution < 1.29 is 19.4 Å². The summed E-state index contributed by atoms with van der Waals surface area (Å²) in [6.07, 6.45) is 2.25. The van der Waals surface area contributed by atoms with Gasteiger partial charge in [0.2, 0.25) is 5.95 Å². The molecule has 1 saturated heterocycles. The van der Waals surface area contributed by atoms with E-state index in [0.717, 1.165) is 36.3 Å². The number of aliphatic hydroxyl groups is 1. The summed E-state index contributed by atoms with van der Waals surface area (Å²) in [6.45, 7) is 3.65. The van der Waals surface area contributed by atoms with Crippen LogP contribution in [0.4, 0.5) is 22.1 Å². The Labute approximate surface area is 191 Å². The molecule has 1 amide bonds. The minimum absolute atomic E-state index is 0.239. The van der Waals surface area contributed by atoms with Crippen LogP contribution in [0.1, 0.15) is 18.1 Å². The van der Waals surface area contributed by atoms with Gasteiger partial charge in [0.25, 0.3) is 0 Å². The van der Waals surface area contributed by atoms with E-state index in [9.17, 15) is 9.90 Å². The standard InChI is InChI=1S/C24H27N5O4/c1-24(14-30)13-29(23(31)33-24)18-5-4-16-11-25-22(26-19(16)10-18)27-20-8-17-12-28(2)7-6-15(17)9-21(20)32-3/h4-5,8-11,30H,6-7,12-14H2,1-3H3,(H,25,26,27)/t24-/m0/s1. The van der Waals surface area contributed by atoms with Crippen molar-refractivity contribution in [1.29, 1.82) is 0 Å². The molecular formula is C24H27N5O4. The average molecular weight is 450 g/mol. The molecule has 1 fully saturated rings. The molecule has 33 heavy (non-hydrogen) atoms. The van der Waals surface area contributed by atoms with Gasteiger partial charge in [0.15, 0.2) is 5.60 Å². The number of aromatic nitrogens is 2. The van der Waals surface area contributed by atoms with Crippen LogP contribution in [-0.2, 0) is 17.7 Å². The number of likely N-dealkylation sites (N-methyl/N-ethyl adjacent to an activating group) is 1. The molecule has 172 valence electrons. The molecule has 2 aliphatic rings. The Balaban J connectivity index is 1.45. The monoisotopic (exact) mass is 449 g/mol. The molecule has 9 nitrogen and oxygen atoms in total. The van der Waals surface area contributed by atoms with Gasteiger partial charge in [0, 0.05) is 30.4 Å². The molecular weight excluding hydrogens is 422 g/mol. The zero-order chi connectivity index (χ0) is 23.2. The SMILES string of the molecule is COc1cc2c(cc1Nc1ncc3ccc(N4C[C@@](C)(CO)OC4=O)cc3n1)CN(C)CC2. The Bertz CT molecular complexity index is 1230. The van der Waals surface area contributed by atoms with E-state index >= 15 is 0 Å². The van der Waals surface area contributed by atoms with Crippen molar-refractivity contribution in [3.8, 4) is 5.75 Å². The zero-order valence-electron chi connectivity index (χ0n) is 19.0. The summed E-state index contributed by atoms with van der Waals surface area (Å²) in [5, 5.41) is 13.7. The second-order valence-corrected chi connectivity index (χ2v) is 8.93. The summed E-state index contributed by atoms with van der Waals surface area (Å²) in [5.74, 6) is 1.19. The number of aliphatic hydroxyl groups excluding tert-OH is 1. The van der Waals surface area contributed by atoms with Crippen molar-refractivity contribution in [1.82, 2.24) is 14.9 Å². The second kappa shape index (κ2) is 8.17. The number of carbonyl (C=O) groups is 1. The maximum Gasteiger partial charge on any atom is 0.415 e. The predicted octanol–water partition coefficient (Wildman–Crippen LogP) is 3.08. The third-order valence-electron chi connectivity index (χ3n) is 6.23. The molecule has 9 heteroatoms. The fourth-order valence-electron chi connectivity index (χ4n) is 4.33. The van der Waals surface area contributed by atoms with Crippen molar-refractivity contribution in [3.63, 3.8) is 0 Å². The number of carbonyl (C=O) groups excluding carboxylic acids is 1. The van der Waals surface area contributed by atoms with Gasteiger partial charge in [0.1, 0.15) is 5.75 Å². The molecule has 0 aliphatic carbocycles. The minimum atomic E-state index is -0.915. The first-order valence-corrected chi connectivity index (χ1v) is 10.9. The van der Waals surface area contributed by atoms with Crippen LogP contribution in [0, 0.1) is 0 Å².